The zero-order valence-electron chi connectivity index (χ0n) is 12.6. The highest BCUT2D eigenvalue weighted by molar-refractivity contribution is 6.01. The summed E-state index contributed by atoms with van der Waals surface area (Å²) in [6.07, 6.45) is 4.00. The molecule has 2 atom stereocenters. The molecule has 0 aromatic heterocycles. The van der Waals surface area contributed by atoms with E-state index in [0.717, 1.165) is 37.1 Å². The molecule has 0 amide bonds. The zero-order valence-corrected chi connectivity index (χ0v) is 12.6. The Labute approximate surface area is 126 Å². The molecule has 0 unspecified atom stereocenters. The molecule has 1 N–H and O–H groups in total. The minimum absolute atomic E-state index is 0.0665. The first kappa shape index (κ1) is 15.7. The summed E-state index contributed by atoms with van der Waals surface area (Å²) in [6, 6.07) is 10.1. The van der Waals surface area contributed by atoms with E-state index < -0.39 is 0 Å². The van der Waals surface area contributed by atoms with Gasteiger partial charge in [0, 0.05) is 19.5 Å². The first-order chi connectivity index (χ1) is 10.2. The van der Waals surface area contributed by atoms with Gasteiger partial charge in [-0.25, -0.2) is 0 Å². The molecule has 1 aliphatic rings. The van der Waals surface area contributed by atoms with Gasteiger partial charge in [0.15, 0.2) is 0 Å². The second-order valence-corrected chi connectivity index (χ2v) is 5.58. The highest BCUT2D eigenvalue weighted by atomic mass is 16.6. The summed E-state index contributed by atoms with van der Waals surface area (Å²) >= 11 is 0. The van der Waals surface area contributed by atoms with Crippen molar-refractivity contribution in [1.29, 1.82) is 0 Å². The normalized spacial score (nSPS) is 19.2. The maximum Gasteiger partial charge on any atom is 0.145 e. The first-order valence-corrected chi connectivity index (χ1v) is 7.44. The van der Waals surface area contributed by atoms with E-state index in [1.807, 2.05) is 43.5 Å². The van der Waals surface area contributed by atoms with Gasteiger partial charge in [0.25, 0.3) is 0 Å². The minimum atomic E-state index is -0.316. The Kier molecular flexibility index (Phi) is 5.96. The number of aliphatic hydroxyl groups is 1. The van der Waals surface area contributed by atoms with Crippen molar-refractivity contribution in [1.82, 2.24) is 4.90 Å². The van der Waals surface area contributed by atoms with Crippen LogP contribution in [-0.4, -0.2) is 48.1 Å². The topological polar surface area (TPSA) is 45.1 Å². The predicted molar refractivity (Wildman–Crippen MR) is 85.4 cm³/mol. The molecule has 4 heteroatoms. The van der Waals surface area contributed by atoms with E-state index in [2.05, 4.69) is 16.6 Å². The van der Waals surface area contributed by atoms with Gasteiger partial charge in [0.05, 0.1) is 11.8 Å². The lowest BCUT2D eigenvalue weighted by Gasteiger charge is -2.22. The molecule has 21 heavy (non-hydrogen) atoms. The van der Waals surface area contributed by atoms with Crippen molar-refractivity contribution in [3.05, 3.63) is 48.6 Å². The van der Waals surface area contributed by atoms with Crippen molar-refractivity contribution in [3.8, 4) is 0 Å². The van der Waals surface area contributed by atoms with Crippen LogP contribution in [0.25, 0.3) is 0 Å². The Morgan fingerprint density at radius 1 is 1.48 bits per heavy atom. The number of rotatable bonds is 8. The molecule has 1 aliphatic heterocycles. The highest BCUT2D eigenvalue weighted by Crippen LogP contribution is 2.17. The maximum atomic E-state index is 9.90. The molecule has 2 rings (SSSR count). The van der Waals surface area contributed by atoms with Crippen molar-refractivity contribution in [2.45, 2.75) is 31.5 Å². The Balaban J connectivity index is 1.75. The third kappa shape index (κ3) is 4.99. The Morgan fingerprint density at radius 2 is 2.24 bits per heavy atom. The molecule has 114 valence electrons. The maximum absolute atomic E-state index is 9.90. The summed E-state index contributed by atoms with van der Waals surface area (Å²) in [6.45, 7) is 5.09. The summed E-state index contributed by atoms with van der Waals surface area (Å²) in [5.41, 5.74) is 2.12. The van der Waals surface area contributed by atoms with Crippen LogP contribution in [0.5, 0.6) is 0 Å². The number of aliphatic hydroxyl groups excluding tert-OH is 1. The molecule has 0 bridgehead atoms. The molecule has 0 saturated heterocycles. The molecule has 1 aromatic carbocycles. The summed E-state index contributed by atoms with van der Waals surface area (Å²) < 4.78 is 0. The molecule has 1 aromatic rings. The number of oxime groups is 1. The van der Waals surface area contributed by atoms with E-state index in [9.17, 15) is 5.11 Å². The van der Waals surface area contributed by atoms with E-state index in [4.69, 9.17) is 4.84 Å². The van der Waals surface area contributed by atoms with Crippen LogP contribution in [-0.2, 0) is 4.84 Å². The van der Waals surface area contributed by atoms with Gasteiger partial charge in [-0.2, -0.15) is 0 Å². The molecule has 1 heterocycles. The fraction of sp³-hybridized carbons (Fsp3) is 0.471. The largest absolute Gasteiger partial charge is 0.392 e. The second-order valence-electron chi connectivity index (χ2n) is 5.58. The van der Waals surface area contributed by atoms with Crippen molar-refractivity contribution < 1.29 is 9.94 Å². The molecule has 0 spiro atoms. The van der Waals surface area contributed by atoms with Crippen molar-refractivity contribution in [3.63, 3.8) is 0 Å². The lowest BCUT2D eigenvalue weighted by Crippen LogP contribution is -2.35. The Hall–Kier alpha value is -1.65. The summed E-state index contributed by atoms with van der Waals surface area (Å²) in [4.78, 5) is 7.60. The van der Waals surface area contributed by atoms with Gasteiger partial charge >= 0.3 is 0 Å². The summed E-state index contributed by atoms with van der Waals surface area (Å²) in [5, 5.41) is 14.1. The average Bonchev–Trinajstić information content (AvgIpc) is 2.94. The van der Waals surface area contributed by atoms with Crippen LogP contribution in [0, 0.1) is 0 Å². The summed E-state index contributed by atoms with van der Waals surface area (Å²) in [5.74, 6) is 0. The molecule has 0 fully saturated rings. The molecule has 0 saturated carbocycles. The number of nitrogens with zero attached hydrogens (tertiary/aromatic N) is 2. The Bertz CT molecular complexity index is 473. The third-order valence-electron chi connectivity index (χ3n) is 3.58. The van der Waals surface area contributed by atoms with Gasteiger partial charge in [-0.3, -0.25) is 0 Å². The lowest BCUT2D eigenvalue weighted by atomic mass is 10.0. The SMILES string of the molecule is C=CCC[C@@H](O)CN(C)C[C@@H]1CC(c2ccccc2)=NO1. The minimum Gasteiger partial charge on any atom is -0.392 e. The molecule has 0 aliphatic carbocycles. The van der Waals surface area contributed by atoms with Crippen molar-refractivity contribution >= 4 is 5.71 Å². The number of allylic oxidation sites excluding steroid dienone is 1. The van der Waals surface area contributed by atoms with Gasteiger partial charge in [-0.1, -0.05) is 41.6 Å². The van der Waals surface area contributed by atoms with Gasteiger partial charge in [-0.15, -0.1) is 6.58 Å². The van der Waals surface area contributed by atoms with Crippen molar-refractivity contribution in [2.75, 3.05) is 20.1 Å². The Morgan fingerprint density at radius 3 is 2.95 bits per heavy atom. The van der Waals surface area contributed by atoms with Crippen LogP contribution >= 0.6 is 0 Å². The molecule has 4 nitrogen and oxygen atoms in total. The van der Waals surface area contributed by atoms with Crippen LogP contribution < -0.4 is 0 Å². The van der Waals surface area contributed by atoms with E-state index in [-0.39, 0.29) is 12.2 Å². The third-order valence-corrected chi connectivity index (χ3v) is 3.58. The monoisotopic (exact) mass is 288 g/mol. The van der Waals surface area contributed by atoms with Gasteiger partial charge in [0.2, 0.25) is 0 Å². The number of benzene rings is 1. The van der Waals surface area contributed by atoms with E-state index in [1.54, 1.807) is 0 Å². The predicted octanol–water partition coefficient (Wildman–Crippen LogP) is 2.44. The van der Waals surface area contributed by atoms with Crippen LogP contribution in [0.4, 0.5) is 0 Å². The quantitative estimate of drug-likeness (QED) is 0.747. The highest BCUT2D eigenvalue weighted by Gasteiger charge is 2.23. The molecule has 0 radical (unpaired) electrons. The fourth-order valence-corrected chi connectivity index (χ4v) is 2.51. The average molecular weight is 288 g/mol. The number of hydrogen-bond donors (Lipinski definition) is 1. The van der Waals surface area contributed by atoms with E-state index in [0.29, 0.717) is 6.54 Å². The first-order valence-electron chi connectivity index (χ1n) is 7.44. The smallest absolute Gasteiger partial charge is 0.145 e. The zero-order chi connectivity index (χ0) is 15.1. The molecular weight excluding hydrogens is 264 g/mol. The number of likely N-dealkylation sites (N-methyl/N-ethyl adjacent to an activating group) is 1. The van der Waals surface area contributed by atoms with Crippen LogP contribution in [0.3, 0.4) is 0 Å². The number of hydrogen-bond acceptors (Lipinski definition) is 4. The second kappa shape index (κ2) is 7.96. The van der Waals surface area contributed by atoms with Gasteiger partial charge < -0.3 is 14.8 Å². The lowest BCUT2D eigenvalue weighted by molar-refractivity contribution is 0.0430. The van der Waals surface area contributed by atoms with Crippen molar-refractivity contribution in [2.24, 2.45) is 5.16 Å². The fourth-order valence-electron chi connectivity index (χ4n) is 2.51. The van der Waals surface area contributed by atoms with Crippen LogP contribution in [0.1, 0.15) is 24.8 Å². The molecular formula is C17H24N2O2. The van der Waals surface area contributed by atoms with E-state index in [1.165, 1.54) is 0 Å². The standard InChI is InChI=1S/C17H24N2O2/c1-3-4-10-15(20)12-19(2)13-16-11-17(18-21-16)14-8-6-5-7-9-14/h3,5-9,15-16,20H,1,4,10-13H2,2H3/t15-,16+/m1/s1. The summed E-state index contributed by atoms with van der Waals surface area (Å²) in [7, 11) is 2.00. The van der Waals surface area contributed by atoms with Crippen LogP contribution in [0.15, 0.2) is 48.1 Å². The van der Waals surface area contributed by atoms with Gasteiger partial charge in [0.1, 0.15) is 6.10 Å². The van der Waals surface area contributed by atoms with E-state index >= 15 is 0 Å². The van der Waals surface area contributed by atoms with Gasteiger partial charge in [-0.05, 0) is 25.5 Å². The van der Waals surface area contributed by atoms with Crippen LogP contribution in [0.2, 0.25) is 0 Å².